The molecule has 0 fully saturated rings. The Hall–Kier alpha value is -0.0400. The van der Waals surface area contributed by atoms with E-state index in [4.69, 9.17) is 0 Å². The van der Waals surface area contributed by atoms with Crippen LogP contribution in [0.15, 0.2) is 0 Å². The molecule has 0 aromatic rings. The molecule has 33 heavy (non-hydrogen) atoms. The van der Waals surface area contributed by atoms with Gasteiger partial charge in [0.05, 0.1) is 0 Å². The number of rotatable bonds is 27. The standard InChI is InChI=1S/C32H67N/c1-6-8-10-12-14-16-18-19-21-23-25-27-29-32(33(4)5)30-31(3)28-26-24-22-20-17-15-13-11-9-7-2/h31-32H,6-30H2,1-5H3. The summed E-state index contributed by atoms with van der Waals surface area (Å²) >= 11 is 0. The van der Waals surface area contributed by atoms with Crippen LogP contribution in [0, 0.1) is 5.92 Å². The zero-order chi connectivity index (χ0) is 24.4. The van der Waals surface area contributed by atoms with Gasteiger partial charge >= 0.3 is 0 Å². The van der Waals surface area contributed by atoms with Gasteiger partial charge in [-0.15, -0.1) is 0 Å². The van der Waals surface area contributed by atoms with Crippen molar-refractivity contribution < 1.29 is 0 Å². The van der Waals surface area contributed by atoms with Crippen molar-refractivity contribution in [3.63, 3.8) is 0 Å². The highest BCUT2D eigenvalue weighted by molar-refractivity contribution is 4.70. The largest absolute Gasteiger partial charge is 0.306 e. The highest BCUT2D eigenvalue weighted by Crippen LogP contribution is 2.22. The summed E-state index contributed by atoms with van der Waals surface area (Å²) in [7, 11) is 4.61. The summed E-state index contributed by atoms with van der Waals surface area (Å²) in [6.45, 7) is 7.12. The van der Waals surface area contributed by atoms with Gasteiger partial charge in [0, 0.05) is 6.04 Å². The van der Waals surface area contributed by atoms with Crippen molar-refractivity contribution in [1.29, 1.82) is 0 Å². The maximum atomic E-state index is 2.51. The van der Waals surface area contributed by atoms with Crippen molar-refractivity contribution >= 4 is 0 Å². The molecule has 200 valence electrons. The van der Waals surface area contributed by atoms with Crippen molar-refractivity contribution in [2.45, 2.75) is 187 Å². The first-order valence-corrected chi connectivity index (χ1v) is 15.8. The second-order valence-electron chi connectivity index (χ2n) is 11.6. The van der Waals surface area contributed by atoms with Crippen molar-refractivity contribution in [2.75, 3.05) is 14.1 Å². The smallest absolute Gasteiger partial charge is 0.00917 e. The molecule has 0 aliphatic heterocycles. The number of hydrogen-bond donors (Lipinski definition) is 0. The van der Waals surface area contributed by atoms with E-state index in [9.17, 15) is 0 Å². The molecule has 0 heterocycles. The third-order valence-electron chi connectivity index (χ3n) is 7.85. The summed E-state index contributed by atoms with van der Waals surface area (Å²) in [5.74, 6) is 0.892. The molecule has 0 radical (unpaired) electrons. The summed E-state index contributed by atoms with van der Waals surface area (Å²) in [5.41, 5.74) is 0. The average molecular weight is 466 g/mol. The van der Waals surface area contributed by atoms with Gasteiger partial charge in [-0.2, -0.15) is 0 Å². The van der Waals surface area contributed by atoms with Crippen molar-refractivity contribution in [2.24, 2.45) is 5.92 Å². The van der Waals surface area contributed by atoms with Crippen LogP contribution in [0.2, 0.25) is 0 Å². The van der Waals surface area contributed by atoms with E-state index in [0.29, 0.717) is 0 Å². The van der Waals surface area contributed by atoms with E-state index in [2.05, 4.69) is 39.8 Å². The zero-order valence-corrected chi connectivity index (χ0v) is 24.3. The predicted octanol–water partition coefficient (Wildman–Crippen LogP) is 11.3. The average Bonchev–Trinajstić information content (AvgIpc) is 2.80. The number of nitrogens with zero attached hydrogens (tertiary/aromatic N) is 1. The minimum Gasteiger partial charge on any atom is -0.306 e. The predicted molar refractivity (Wildman–Crippen MR) is 153 cm³/mol. The first-order chi connectivity index (χ1) is 16.1. The van der Waals surface area contributed by atoms with Crippen LogP contribution in [0.1, 0.15) is 181 Å². The van der Waals surface area contributed by atoms with Crippen LogP contribution in [0.3, 0.4) is 0 Å². The Morgan fingerprint density at radius 2 is 0.727 bits per heavy atom. The van der Waals surface area contributed by atoms with Gasteiger partial charge in [-0.3, -0.25) is 0 Å². The van der Waals surface area contributed by atoms with E-state index in [0.717, 1.165) is 12.0 Å². The Morgan fingerprint density at radius 1 is 0.424 bits per heavy atom. The SMILES string of the molecule is CCCCCCCCCCCCCCC(CC(C)CCCCCCCCCCCC)N(C)C. The van der Waals surface area contributed by atoms with E-state index in [-0.39, 0.29) is 0 Å². The van der Waals surface area contributed by atoms with Crippen LogP contribution in [0.5, 0.6) is 0 Å². The van der Waals surface area contributed by atoms with Gasteiger partial charge in [-0.25, -0.2) is 0 Å². The minimum absolute atomic E-state index is 0.797. The van der Waals surface area contributed by atoms with Crippen molar-refractivity contribution in [1.82, 2.24) is 4.90 Å². The molecule has 0 spiro atoms. The Morgan fingerprint density at radius 3 is 1.06 bits per heavy atom. The molecule has 0 aromatic carbocycles. The van der Waals surface area contributed by atoms with Gasteiger partial charge in [0.2, 0.25) is 0 Å². The molecular formula is C32H67N. The fraction of sp³-hybridized carbons (Fsp3) is 1.00. The molecule has 1 heteroatoms. The molecule has 0 saturated carbocycles. The van der Waals surface area contributed by atoms with Crippen molar-refractivity contribution in [3.05, 3.63) is 0 Å². The topological polar surface area (TPSA) is 3.24 Å². The van der Waals surface area contributed by atoms with Crippen LogP contribution in [0.25, 0.3) is 0 Å². The first kappa shape index (κ1) is 33.0. The second-order valence-corrected chi connectivity index (χ2v) is 11.6. The molecular weight excluding hydrogens is 398 g/mol. The Labute approximate surface area is 212 Å². The van der Waals surface area contributed by atoms with Gasteiger partial charge < -0.3 is 4.90 Å². The van der Waals surface area contributed by atoms with Crippen LogP contribution < -0.4 is 0 Å². The lowest BCUT2D eigenvalue weighted by atomic mass is 9.92. The van der Waals surface area contributed by atoms with Crippen LogP contribution >= 0.6 is 0 Å². The lowest BCUT2D eigenvalue weighted by Gasteiger charge is -2.27. The molecule has 2 atom stereocenters. The summed E-state index contributed by atoms with van der Waals surface area (Å²) in [4.78, 5) is 2.51. The quantitative estimate of drug-likeness (QED) is 0.109. The molecule has 0 amide bonds. The highest BCUT2D eigenvalue weighted by atomic mass is 15.1. The van der Waals surface area contributed by atoms with E-state index < -0.39 is 0 Å². The molecule has 0 aliphatic rings. The van der Waals surface area contributed by atoms with Crippen LogP contribution in [-0.2, 0) is 0 Å². The lowest BCUT2D eigenvalue weighted by Crippen LogP contribution is -2.29. The number of hydrogen-bond acceptors (Lipinski definition) is 1. The van der Waals surface area contributed by atoms with E-state index in [1.165, 1.54) is 161 Å². The highest BCUT2D eigenvalue weighted by Gasteiger charge is 2.15. The maximum absolute atomic E-state index is 2.51. The van der Waals surface area contributed by atoms with Gasteiger partial charge in [-0.1, -0.05) is 168 Å². The summed E-state index contributed by atoms with van der Waals surface area (Å²) in [6, 6.07) is 0.797. The molecule has 0 bridgehead atoms. The van der Waals surface area contributed by atoms with Gasteiger partial charge in [-0.05, 0) is 32.9 Å². The fourth-order valence-electron chi connectivity index (χ4n) is 5.37. The number of unbranched alkanes of at least 4 members (excludes halogenated alkanes) is 20. The second kappa shape index (κ2) is 26.6. The third kappa shape index (κ3) is 24.9. The Bertz CT molecular complexity index is 350. The first-order valence-electron chi connectivity index (χ1n) is 15.8. The molecule has 0 saturated heterocycles. The molecule has 0 N–H and O–H groups in total. The van der Waals surface area contributed by atoms with E-state index in [1.807, 2.05) is 0 Å². The zero-order valence-electron chi connectivity index (χ0n) is 24.3. The minimum atomic E-state index is 0.797. The van der Waals surface area contributed by atoms with Gasteiger partial charge in [0.15, 0.2) is 0 Å². The monoisotopic (exact) mass is 466 g/mol. The molecule has 2 unspecified atom stereocenters. The van der Waals surface area contributed by atoms with Gasteiger partial charge in [0.1, 0.15) is 0 Å². The molecule has 0 aliphatic carbocycles. The molecule has 1 nitrogen and oxygen atoms in total. The fourth-order valence-corrected chi connectivity index (χ4v) is 5.37. The molecule has 0 aromatic heterocycles. The van der Waals surface area contributed by atoms with Crippen molar-refractivity contribution in [3.8, 4) is 0 Å². The Kier molecular flexibility index (Phi) is 26.5. The lowest BCUT2D eigenvalue weighted by molar-refractivity contribution is 0.225. The van der Waals surface area contributed by atoms with Gasteiger partial charge in [0.25, 0.3) is 0 Å². The van der Waals surface area contributed by atoms with E-state index >= 15 is 0 Å². The van der Waals surface area contributed by atoms with E-state index in [1.54, 1.807) is 0 Å². The molecule has 0 rings (SSSR count). The normalized spacial score (nSPS) is 13.6. The van der Waals surface area contributed by atoms with Crippen LogP contribution in [0.4, 0.5) is 0 Å². The maximum Gasteiger partial charge on any atom is 0.00917 e. The summed E-state index contributed by atoms with van der Waals surface area (Å²) in [5, 5.41) is 0. The summed E-state index contributed by atoms with van der Waals surface area (Å²) in [6.07, 6.45) is 36.2. The van der Waals surface area contributed by atoms with Crippen LogP contribution in [-0.4, -0.2) is 25.0 Å². The Balaban J connectivity index is 3.57. The summed E-state index contributed by atoms with van der Waals surface area (Å²) < 4.78 is 0. The third-order valence-corrected chi connectivity index (χ3v) is 7.85.